The highest BCUT2D eigenvalue weighted by atomic mass is 79.9. The van der Waals surface area contributed by atoms with E-state index in [-0.39, 0.29) is 6.42 Å². The normalized spacial score (nSPS) is 10.7. The van der Waals surface area contributed by atoms with Crippen LogP contribution in [-0.4, -0.2) is 29.6 Å². The number of benzene rings is 1. The predicted octanol–water partition coefficient (Wildman–Crippen LogP) is 2.75. The summed E-state index contributed by atoms with van der Waals surface area (Å²) in [7, 11) is 2.00. The summed E-state index contributed by atoms with van der Waals surface area (Å²) in [5.41, 5.74) is 1.22. The van der Waals surface area contributed by atoms with Gasteiger partial charge in [-0.3, -0.25) is 4.79 Å². The molecule has 1 rings (SSSR count). The lowest BCUT2D eigenvalue weighted by Gasteiger charge is -2.16. The molecule has 0 fully saturated rings. The first kappa shape index (κ1) is 13.2. The number of nitrogens with zero attached hydrogens (tertiary/aromatic N) is 1. The van der Waals surface area contributed by atoms with Crippen LogP contribution < -0.4 is 0 Å². The summed E-state index contributed by atoms with van der Waals surface area (Å²) < 4.78 is 1.10. The zero-order chi connectivity index (χ0) is 12.0. The van der Waals surface area contributed by atoms with Gasteiger partial charge in [0.1, 0.15) is 0 Å². The Hall–Kier alpha value is -0.870. The maximum absolute atomic E-state index is 10.4. The molecule has 1 aromatic carbocycles. The highest BCUT2D eigenvalue weighted by Gasteiger charge is 2.04. The van der Waals surface area contributed by atoms with Crippen LogP contribution in [0.25, 0.3) is 0 Å². The van der Waals surface area contributed by atoms with E-state index >= 15 is 0 Å². The number of carbonyl (C=O) groups is 1. The third-order valence-electron chi connectivity index (χ3n) is 2.33. The lowest BCUT2D eigenvalue weighted by atomic mass is 10.2. The number of carboxylic acid groups (broad SMARTS) is 1. The average molecular weight is 286 g/mol. The number of carboxylic acids is 1. The largest absolute Gasteiger partial charge is 0.481 e. The van der Waals surface area contributed by atoms with Crippen molar-refractivity contribution in [3.8, 4) is 0 Å². The van der Waals surface area contributed by atoms with Crippen molar-refractivity contribution in [1.82, 2.24) is 4.90 Å². The third-order valence-corrected chi connectivity index (χ3v) is 3.10. The van der Waals surface area contributed by atoms with Crippen molar-refractivity contribution < 1.29 is 9.90 Å². The average Bonchev–Trinajstić information content (AvgIpc) is 2.21. The molecule has 0 spiro atoms. The maximum atomic E-state index is 10.4. The molecule has 0 saturated carbocycles. The molecule has 88 valence electrons. The second kappa shape index (κ2) is 6.66. The number of hydrogen-bond donors (Lipinski definition) is 1. The van der Waals surface area contributed by atoms with E-state index in [0.29, 0.717) is 6.42 Å². The van der Waals surface area contributed by atoms with Gasteiger partial charge in [-0.25, -0.2) is 0 Å². The summed E-state index contributed by atoms with van der Waals surface area (Å²) in [6.07, 6.45) is 0.927. The van der Waals surface area contributed by atoms with E-state index in [9.17, 15) is 4.79 Å². The van der Waals surface area contributed by atoms with Gasteiger partial charge >= 0.3 is 5.97 Å². The SMILES string of the molecule is CN(CCCC(=O)O)Cc1ccccc1Br. The molecule has 0 unspecified atom stereocenters. The van der Waals surface area contributed by atoms with Crippen molar-refractivity contribution >= 4 is 21.9 Å². The molecule has 0 amide bonds. The van der Waals surface area contributed by atoms with Crippen LogP contribution in [0.1, 0.15) is 18.4 Å². The molecule has 3 nitrogen and oxygen atoms in total. The Balaban J connectivity index is 2.37. The quantitative estimate of drug-likeness (QED) is 0.874. The van der Waals surface area contributed by atoms with Crippen molar-refractivity contribution in [1.29, 1.82) is 0 Å². The van der Waals surface area contributed by atoms with Crippen molar-refractivity contribution in [3.05, 3.63) is 34.3 Å². The van der Waals surface area contributed by atoms with Gasteiger partial charge in [-0.1, -0.05) is 34.1 Å². The lowest BCUT2D eigenvalue weighted by Crippen LogP contribution is -2.20. The number of halogens is 1. The highest BCUT2D eigenvalue weighted by Crippen LogP contribution is 2.17. The summed E-state index contributed by atoms with van der Waals surface area (Å²) in [5, 5.41) is 8.53. The standard InChI is InChI=1S/C12H16BrNO2/c1-14(8-4-7-12(15)16)9-10-5-2-3-6-11(10)13/h2-3,5-6H,4,7-9H2,1H3,(H,15,16). The minimum absolute atomic E-state index is 0.236. The molecule has 1 N–H and O–H groups in total. The Labute approximate surface area is 104 Å². The zero-order valence-electron chi connectivity index (χ0n) is 9.32. The minimum Gasteiger partial charge on any atom is -0.481 e. The van der Waals surface area contributed by atoms with Gasteiger partial charge < -0.3 is 10.0 Å². The molecule has 0 aliphatic heterocycles. The summed E-state index contributed by atoms with van der Waals surface area (Å²) in [5.74, 6) is -0.728. The first-order valence-corrected chi connectivity index (χ1v) is 6.02. The van der Waals surface area contributed by atoms with Crippen molar-refractivity contribution in [2.45, 2.75) is 19.4 Å². The number of rotatable bonds is 6. The fourth-order valence-corrected chi connectivity index (χ4v) is 1.91. The Morgan fingerprint density at radius 3 is 2.75 bits per heavy atom. The van der Waals surface area contributed by atoms with Crippen LogP contribution in [0.15, 0.2) is 28.7 Å². The molecule has 0 saturated heterocycles. The molecule has 0 heterocycles. The lowest BCUT2D eigenvalue weighted by molar-refractivity contribution is -0.137. The van der Waals surface area contributed by atoms with E-state index in [0.717, 1.165) is 17.6 Å². The van der Waals surface area contributed by atoms with E-state index < -0.39 is 5.97 Å². The zero-order valence-corrected chi connectivity index (χ0v) is 10.9. The van der Waals surface area contributed by atoms with Gasteiger partial charge in [-0.15, -0.1) is 0 Å². The molecule has 1 aromatic rings. The maximum Gasteiger partial charge on any atom is 0.303 e. The highest BCUT2D eigenvalue weighted by molar-refractivity contribution is 9.10. The van der Waals surface area contributed by atoms with E-state index in [4.69, 9.17) is 5.11 Å². The Morgan fingerprint density at radius 1 is 1.44 bits per heavy atom. The van der Waals surface area contributed by atoms with Gasteiger partial charge in [0, 0.05) is 17.4 Å². The summed E-state index contributed by atoms with van der Waals surface area (Å²) >= 11 is 3.50. The van der Waals surface area contributed by atoms with Crippen molar-refractivity contribution in [2.24, 2.45) is 0 Å². The first-order valence-electron chi connectivity index (χ1n) is 5.23. The monoisotopic (exact) mass is 285 g/mol. The van der Waals surface area contributed by atoms with Crippen LogP contribution >= 0.6 is 15.9 Å². The van der Waals surface area contributed by atoms with E-state index in [1.165, 1.54) is 5.56 Å². The van der Waals surface area contributed by atoms with Crippen LogP contribution in [0.4, 0.5) is 0 Å². The van der Waals surface area contributed by atoms with Gasteiger partial charge in [-0.2, -0.15) is 0 Å². The summed E-state index contributed by atoms with van der Waals surface area (Å²) in [4.78, 5) is 12.5. The van der Waals surface area contributed by atoms with Gasteiger partial charge in [0.2, 0.25) is 0 Å². The topological polar surface area (TPSA) is 40.5 Å². The minimum atomic E-state index is -0.728. The van der Waals surface area contributed by atoms with E-state index in [1.54, 1.807) is 0 Å². The van der Waals surface area contributed by atoms with Crippen LogP contribution in [0.5, 0.6) is 0 Å². The van der Waals surface area contributed by atoms with Gasteiger partial charge in [0.25, 0.3) is 0 Å². The Morgan fingerprint density at radius 2 is 2.12 bits per heavy atom. The molecule has 0 bridgehead atoms. The third kappa shape index (κ3) is 4.77. The van der Waals surface area contributed by atoms with E-state index in [2.05, 4.69) is 26.9 Å². The second-order valence-corrected chi connectivity index (χ2v) is 4.68. The van der Waals surface area contributed by atoms with Crippen LogP contribution in [0, 0.1) is 0 Å². The molecule has 0 aliphatic carbocycles. The number of hydrogen-bond acceptors (Lipinski definition) is 2. The van der Waals surface area contributed by atoms with Gasteiger partial charge in [0.15, 0.2) is 0 Å². The fourth-order valence-electron chi connectivity index (χ4n) is 1.50. The van der Waals surface area contributed by atoms with Crippen molar-refractivity contribution in [3.63, 3.8) is 0 Å². The number of aliphatic carboxylic acids is 1. The van der Waals surface area contributed by atoms with Gasteiger partial charge in [0.05, 0.1) is 0 Å². The van der Waals surface area contributed by atoms with Crippen molar-refractivity contribution in [2.75, 3.05) is 13.6 Å². The second-order valence-electron chi connectivity index (χ2n) is 3.83. The molecule has 0 atom stereocenters. The van der Waals surface area contributed by atoms with Crippen LogP contribution in [-0.2, 0) is 11.3 Å². The first-order chi connectivity index (χ1) is 7.59. The Kier molecular flexibility index (Phi) is 5.49. The van der Waals surface area contributed by atoms with Gasteiger partial charge in [-0.05, 0) is 31.6 Å². The fraction of sp³-hybridized carbons (Fsp3) is 0.417. The molecule has 0 aromatic heterocycles. The molecule has 4 heteroatoms. The molecular formula is C12H16BrNO2. The summed E-state index contributed by atoms with van der Waals surface area (Å²) in [6, 6.07) is 8.07. The molecular weight excluding hydrogens is 270 g/mol. The van der Waals surface area contributed by atoms with Crippen LogP contribution in [0.2, 0.25) is 0 Å². The smallest absolute Gasteiger partial charge is 0.303 e. The molecule has 0 aliphatic rings. The summed E-state index contributed by atoms with van der Waals surface area (Å²) in [6.45, 7) is 1.63. The molecule has 16 heavy (non-hydrogen) atoms. The van der Waals surface area contributed by atoms with E-state index in [1.807, 2.05) is 25.2 Å². The molecule has 0 radical (unpaired) electrons. The Bertz CT molecular complexity index is 355. The predicted molar refractivity (Wildman–Crippen MR) is 67.3 cm³/mol. The van der Waals surface area contributed by atoms with Crippen LogP contribution in [0.3, 0.4) is 0 Å².